The van der Waals surface area contributed by atoms with Crippen LogP contribution in [-0.2, 0) is 6.54 Å². The van der Waals surface area contributed by atoms with Gasteiger partial charge in [0.25, 0.3) is 0 Å². The Bertz CT molecular complexity index is 484. The molecule has 0 fully saturated rings. The summed E-state index contributed by atoms with van der Waals surface area (Å²) in [5.74, 6) is 0.171. The van der Waals surface area contributed by atoms with Gasteiger partial charge in [-0.15, -0.1) is 0 Å². The Balaban J connectivity index is 1.82. The van der Waals surface area contributed by atoms with Crippen molar-refractivity contribution in [1.29, 1.82) is 0 Å². The first kappa shape index (κ1) is 12.3. The second kappa shape index (κ2) is 5.95. The molecule has 2 heterocycles. The summed E-state index contributed by atoms with van der Waals surface area (Å²) in [6.45, 7) is 1.47. The highest BCUT2D eigenvalue weighted by molar-refractivity contribution is 5.40. The van der Waals surface area contributed by atoms with Crippen molar-refractivity contribution in [3.63, 3.8) is 0 Å². The molecule has 0 spiro atoms. The lowest BCUT2D eigenvalue weighted by atomic mass is 10.4. The lowest BCUT2D eigenvalue weighted by Crippen LogP contribution is -2.10. The van der Waals surface area contributed by atoms with Gasteiger partial charge in [0.05, 0.1) is 12.5 Å². The topological polar surface area (TPSA) is 67.7 Å². The van der Waals surface area contributed by atoms with Crippen molar-refractivity contribution in [2.24, 2.45) is 0 Å². The number of aromatic nitrogens is 4. The average molecular weight is 250 g/mol. The van der Waals surface area contributed by atoms with E-state index in [9.17, 15) is 4.39 Å². The van der Waals surface area contributed by atoms with E-state index in [4.69, 9.17) is 0 Å². The Morgan fingerprint density at radius 1 is 1.44 bits per heavy atom. The molecular formula is C11H15FN6. The van der Waals surface area contributed by atoms with E-state index in [1.807, 2.05) is 10.8 Å². The summed E-state index contributed by atoms with van der Waals surface area (Å²) in [6.07, 6.45) is 7.39. The molecule has 96 valence electrons. The first-order valence-corrected chi connectivity index (χ1v) is 5.69. The van der Waals surface area contributed by atoms with E-state index in [1.165, 1.54) is 0 Å². The zero-order valence-electron chi connectivity index (χ0n) is 10.1. The van der Waals surface area contributed by atoms with E-state index in [2.05, 4.69) is 25.6 Å². The number of hydrogen-bond acceptors (Lipinski definition) is 5. The monoisotopic (exact) mass is 250 g/mol. The molecule has 18 heavy (non-hydrogen) atoms. The second-order valence-electron chi connectivity index (χ2n) is 3.72. The van der Waals surface area contributed by atoms with Crippen molar-refractivity contribution >= 4 is 11.8 Å². The molecule has 2 aromatic rings. The molecular weight excluding hydrogens is 235 g/mol. The van der Waals surface area contributed by atoms with Gasteiger partial charge in [-0.2, -0.15) is 4.98 Å². The number of hydrogen-bond donors (Lipinski definition) is 2. The molecule has 2 rings (SSSR count). The third-order valence-corrected chi connectivity index (χ3v) is 2.41. The predicted molar refractivity (Wildman–Crippen MR) is 66.9 cm³/mol. The summed E-state index contributed by atoms with van der Waals surface area (Å²) in [5, 5.41) is 5.72. The van der Waals surface area contributed by atoms with Crippen LogP contribution < -0.4 is 10.6 Å². The van der Waals surface area contributed by atoms with Gasteiger partial charge in [-0.25, -0.2) is 14.4 Å². The third-order valence-electron chi connectivity index (χ3n) is 2.41. The second-order valence-corrected chi connectivity index (χ2v) is 3.72. The van der Waals surface area contributed by atoms with Crippen molar-refractivity contribution in [2.75, 3.05) is 24.2 Å². The molecule has 0 aromatic carbocycles. The van der Waals surface area contributed by atoms with Gasteiger partial charge in [0.15, 0.2) is 11.6 Å². The molecule has 6 nitrogen and oxygen atoms in total. The van der Waals surface area contributed by atoms with E-state index in [-0.39, 0.29) is 5.82 Å². The van der Waals surface area contributed by atoms with Gasteiger partial charge in [-0.05, 0) is 6.42 Å². The van der Waals surface area contributed by atoms with Crippen LogP contribution in [0.3, 0.4) is 0 Å². The van der Waals surface area contributed by atoms with Gasteiger partial charge in [0, 0.05) is 32.5 Å². The maximum Gasteiger partial charge on any atom is 0.224 e. The van der Waals surface area contributed by atoms with Gasteiger partial charge < -0.3 is 15.2 Å². The first-order valence-electron chi connectivity index (χ1n) is 5.69. The number of rotatable bonds is 6. The molecule has 2 N–H and O–H groups in total. The number of nitrogens with one attached hydrogen (secondary N) is 2. The molecule has 0 aliphatic carbocycles. The summed E-state index contributed by atoms with van der Waals surface area (Å²) >= 11 is 0. The van der Waals surface area contributed by atoms with Gasteiger partial charge in [-0.1, -0.05) is 0 Å². The van der Waals surface area contributed by atoms with Crippen LogP contribution in [0.5, 0.6) is 0 Å². The number of imidazole rings is 1. The van der Waals surface area contributed by atoms with Crippen LogP contribution >= 0.6 is 0 Å². The molecule has 0 saturated heterocycles. The predicted octanol–water partition coefficient (Wildman–Crippen LogP) is 1.36. The van der Waals surface area contributed by atoms with Crippen LogP contribution in [0.15, 0.2) is 24.9 Å². The Hall–Kier alpha value is -2.18. The summed E-state index contributed by atoms with van der Waals surface area (Å²) in [6, 6.07) is 0. The fraction of sp³-hybridized carbons (Fsp3) is 0.364. The molecule has 0 radical (unpaired) electrons. The van der Waals surface area contributed by atoms with Crippen LogP contribution in [0.1, 0.15) is 6.42 Å². The van der Waals surface area contributed by atoms with E-state index in [1.54, 1.807) is 19.6 Å². The Morgan fingerprint density at radius 2 is 2.33 bits per heavy atom. The van der Waals surface area contributed by atoms with Crippen molar-refractivity contribution in [1.82, 2.24) is 19.5 Å². The minimum Gasteiger partial charge on any atom is -0.367 e. The van der Waals surface area contributed by atoms with Crippen molar-refractivity contribution in [3.8, 4) is 0 Å². The van der Waals surface area contributed by atoms with Crippen LogP contribution in [0, 0.1) is 5.82 Å². The molecule has 0 bridgehead atoms. The maximum atomic E-state index is 13.4. The largest absolute Gasteiger partial charge is 0.367 e. The van der Waals surface area contributed by atoms with Gasteiger partial charge in [0.2, 0.25) is 5.95 Å². The molecule has 2 aromatic heterocycles. The van der Waals surface area contributed by atoms with E-state index in [0.29, 0.717) is 12.5 Å². The number of anilines is 2. The molecule has 0 aliphatic rings. The van der Waals surface area contributed by atoms with E-state index < -0.39 is 5.82 Å². The summed E-state index contributed by atoms with van der Waals surface area (Å²) in [5.41, 5.74) is 0. The highest BCUT2D eigenvalue weighted by Crippen LogP contribution is 2.11. The zero-order chi connectivity index (χ0) is 12.8. The van der Waals surface area contributed by atoms with Crippen molar-refractivity contribution < 1.29 is 4.39 Å². The fourth-order valence-corrected chi connectivity index (χ4v) is 1.50. The maximum absolute atomic E-state index is 13.4. The standard InChI is InChI=1S/C11H15FN6/c1-13-11-16-7-9(12)10(17-11)15-3-2-5-18-6-4-14-8-18/h4,6-8H,2-3,5H2,1H3,(H2,13,15,16,17). The van der Waals surface area contributed by atoms with Crippen LogP contribution in [0.25, 0.3) is 0 Å². The normalized spacial score (nSPS) is 10.3. The van der Waals surface area contributed by atoms with Gasteiger partial charge in [-0.3, -0.25) is 0 Å². The number of nitrogens with zero attached hydrogens (tertiary/aromatic N) is 4. The molecule has 0 amide bonds. The lowest BCUT2D eigenvalue weighted by Gasteiger charge is -2.08. The highest BCUT2D eigenvalue weighted by Gasteiger charge is 2.05. The summed E-state index contributed by atoms with van der Waals surface area (Å²) in [7, 11) is 1.69. The van der Waals surface area contributed by atoms with E-state index >= 15 is 0 Å². The fourth-order valence-electron chi connectivity index (χ4n) is 1.50. The Morgan fingerprint density at radius 3 is 3.06 bits per heavy atom. The molecule has 0 saturated carbocycles. The number of aryl methyl sites for hydroxylation is 1. The lowest BCUT2D eigenvalue weighted by molar-refractivity contribution is 0.613. The molecule has 0 unspecified atom stereocenters. The SMILES string of the molecule is CNc1ncc(F)c(NCCCn2ccnc2)n1. The minimum absolute atomic E-state index is 0.222. The summed E-state index contributed by atoms with van der Waals surface area (Å²) < 4.78 is 15.3. The van der Waals surface area contributed by atoms with Crippen LogP contribution in [0.2, 0.25) is 0 Å². The molecule has 0 atom stereocenters. The third kappa shape index (κ3) is 3.16. The zero-order valence-corrected chi connectivity index (χ0v) is 10.1. The van der Waals surface area contributed by atoms with Crippen LogP contribution in [-0.4, -0.2) is 33.1 Å². The average Bonchev–Trinajstić information content (AvgIpc) is 2.89. The Labute approximate surface area is 104 Å². The van der Waals surface area contributed by atoms with Crippen molar-refractivity contribution in [2.45, 2.75) is 13.0 Å². The molecule has 7 heteroatoms. The smallest absolute Gasteiger partial charge is 0.224 e. The van der Waals surface area contributed by atoms with Crippen LogP contribution in [0.4, 0.5) is 16.2 Å². The van der Waals surface area contributed by atoms with Gasteiger partial charge >= 0.3 is 0 Å². The minimum atomic E-state index is -0.448. The first-order chi connectivity index (χ1) is 8.79. The molecule has 0 aliphatic heterocycles. The van der Waals surface area contributed by atoms with Crippen molar-refractivity contribution in [3.05, 3.63) is 30.7 Å². The Kier molecular flexibility index (Phi) is 4.06. The quantitative estimate of drug-likeness (QED) is 0.758. The van der Waals surface area contributed by atoms with E-state index in [0.717, 1.165) is 19.2 Å². The highest BCUT2D eigenvalue weighted by atomic mass is 19.1. The number of halogens is 1. The van der Waals surface area contributed by atoms with Gasteiger partial charge in [0.1, 0.15) is 0 Å². The summed E-state index contributed by atoms with van der Waals surface area (Å²) in [4.78, 5) is 11.7.